The lowest BCUT2D eigenvalue weighted by Gasteiger charge is -2.16. The molecule has 0 bridgehead atoms. The van der Waals surface area contributed by atoms with Crippen molar-refractivity contribution in [2.24, 2.45) is 0 Å². The van der Waals surface area contributed by atoms with Crippen LogP contribution in [0, 0.1) is 6.92 Å². The average molecular weight is 354 g/mol. The van der Waals surface area contributed by atoms with Crippen LogP contribution in [0.15, 0.2) is 42.5 Å². The summed E-state index contributed by atoms with van der Waals surface area (Å²) in [6, 6.07) is 14.2. The Morgan fingerprint density at radius 3 is 2.46 bits per heavy atom. The van der Waals surface area contributed by atoms with E-state index in [4.69, 9.17) is 4.74 Å². The van der Waals surface area contributed by atoms with Crippen LogP contribution in [0.1, 0.15) is 42.9 Å². The molecule has 26 heavy (non-hydrogen) atoms. The van der Waals surface area contributed by atoms with E-state index < -0.39 is 0 Å². The van der Waals surface area contributed by atoms with Gasteiger partial charge in [0.25, 0.3) is 0 Å². The molecule has 0 aliphatic rings. The van der Waals surface area contributed by atoms with Crippen molar-refractivity contribution in [2.75, 3.05) is 25.5 Å². The fraction of sp³-hybridized carbons (Fsp3) is 0.409. The quantitative estimate of drug-likeness (QED) is 0.661. The Labute approximate surface area is 157 Å². The Balaban J connectivity index is 1.74. The second-order valence-electron chi connectivity index (χ2n) is 6.84. The highest BCUT2D eigenvalue weighted by Crippen LogP contribution is 2.27. The molecule has 140 valence electrons. The first kappa shape index (κ1) is 20.0. The molecule has 2 aromatic rings. The highest BCUT2D eigenvalue weighted by atomic mass is 16.5. The number of benzene rings is 2. The molecule has 2 rings (SSSR count). The van der Waals surface area contributed by atoms with Crippen LogP contribution in [0.4, 0.5) is 5.69 Å². The molecule has 4 heteroatoms. The molecule has 0 heterocycles. The van der Waals surface area contributed by atoms with Gasteiger partial charge < -0.3 is 15.4 Å². The van der Waals surface area contributed by atoms with Crippen molar-refractivity contribution < 1.29 is 9.53 Å². The smallest absolute Gasteiger partial charge is 0.225 e. The minimum atomic E-state index is 0.0538. The molecule has 0 atom stereocenters. The number of ether oxygens (including phenoxy) is 1. The summed E-state index contributed by atoms with van der Waals surface area (Å²) in [7, 11) is 1.67. The number of carbonyl (C=O) groups is 1. The van der Waals surface area contributed by atoms with E-state index in [1.54, 1.807) is 7.11 Å². The van der Waals surface area contributed by atoms with Gasteiger partial charge in [-0.05, 0) is 54.6 Å². The third-order valence-electron chi connectivity index (χ3n) is 4.47. The summed E-state index contributed by atoms with van der Waals surface area (Å²) in [5.74, 6) is 1.31. The maximum atomic E-state index is 12.3. The molecule has 0 saturated heterocycles. The van der Waals surface area contributed by atoms with Crippen molar-refractivity contribution in [1.29, 1.82) is 0 Å². The first-order chi connectivity index (χ1) is 12.5. The van der Waals surface area contributed by atoms with Crippen LogP contribution in [-0.2, 0) is 11.2 Å². The van der Waals surface area contributed by atoms with Gasteiger partial charge in [-0.15, -0.1) is 0 Å². The zero-order chi connectivity index (χ0) is 18.9. The summed E-state index contributed by atoms with van der Waals surface area (Å²) in [5, 5.41) is 6.43. The normalized spacial score (nSPS) is 10.8. The molecule has 0 fully saturated rings. The van der Waals surface area contributed by atoms with E-state index in [9.17, 15) is 4.79 Å². The monoisotopic (exact) mass is 354 g/mol. The van der Waals surface area contributed by atoms with Crippen molar-refractivity contribution in [2.45, 2.75) is 39.5 Å². The molecule has 4 nitrogen and oxygen atoms in total. The number of methoxy groups -OCH3 is 1. The fourth-order valence-electron chi connectivity index (χ4n) is 2.90. The van der Waals surface area contributed by atoms with Crippen LogP contribution in [0.25, 0.3) is 0 Å². The van der Waals surface area contributed by atoms with E-state index in [1.165, 1.54) is 11.1 Å². The summed E-state index contributed by atoms with van der Waals surface area (Å²) in [5.41, 5.74) is 4.51. The number of hydrogen-bond acceptors (Lipinski definition) is 3. The summed E-state index contributed by atoms with van der Waals surface area (Å²) < 4.78 is 5.16. The van der Waals surface area contributed by atoms with Gasteiger partial charge >= 0.3 is 0 Å². The number of rotatable bonds is 9. The van der Waals surface area contributed by atoms with Gasteiger partial charge in [-0.3, -0.25) is 4.79 Å². The van der Waals surface area contributed by atoms with E-state index in [-0.39, 0.29) is 5.91 Å². The Kier molecular flexibility index (Phi) is 7.67. The molecule has 1 amide bonds. The van der Waals surface area contributed by atoms with Crippen molar-refractivity contribution in [3.05, 3.63) is 59.2 Å². The Morgan fingerprint density at radius 1 is 1.08 bits per heavy atom. The summed E-state index contributed by atoms with van der Waals surface area (Å²) in [4.78, 5) is 12.3. The van der Waals surface area contributed by atoms with Crippen LogP contribution in [0.3, 0.4) is 0 Å². The molecule has 0 unspecified atom stereocenters. The second-order valence-corrected chi connectivity index (χ2v) is 6.84. The zero-order valence-corrected chi connectivity index (χ0v) is 16.3. The Hall–Kier alpha value is -2.33. The number of para-hydroxylation sites is 1. The van der Waals surface area contributed by atoms with Gasteiger partial charge in [0.15, 0.2) is 0 Å². The molecule has 2 N–H and O–H groups in total. The Bertz CT molecular complexity index is 709. The zero-order valence-electron chi connectivity index (χ0n) is 16.3. The van der Waals surface area contributed by atoms with Crippen LogP contribution in [0.2, 0.25) is 0 Å². The number of nitrogens with one attached hydrogen (secondary N) is 2. The minimum Gasteiger partial charge on any atom is -0.497 e. The topological polar surface area (TPSA) is 50.4 Å². The first-order valence-corrected chi connectivity index (χ1v) is 9.24. The van der Waals surface area contributed by atoms with Gasteiger partial charge in [0.05, 0.1) is 7.11 Å². The van der Waals surface area contributed by atoms with Crippen molar-refractivity contribution in [3.63, 3.8) is 0 Å². The third kappa shape index (κ3) is 5.88. The molecule has 2 aromatic carbocycles. The third-order valence-corrected chi connectivity index (χ3v) is 4.47. The van der Waals surface area contributed by atoms with Crippen molar-refractivity contribution in [1.82, 2.24) is 5.32 Å². The molecular weight excluding hydrogens is 324 g/mol. The van der Waals surface area contributed by atoms with E-state index in [0.29, 0.717) is 18.9 Å². The molecule has 0 spiro atoms. The average Bonchev–Trinajstić information content (AvgIpc) is 2.63. The van der Waals surface area contributed by atoms with Crippen LogP contribution < -0.4 is 15.4 Å². The SMILES string of the molecule is COc1ccc(CCNCCC(=O)Nc2c(C)cccc2C(C)C)cc1. The number of hydrogen-bond donors (Lipinski definition) is 2. The van der Waals surface area contributed by atoms with Crippen LogP contribution >= 0.6 is 0 Å². The lowest BCUT2D eigenvalue weighted by molar-refractivity contribution is -0.116. The fourth-order valence-corrected chi connectivity index (χ4v) is 2.90. The van der Waals surface area contributed by atoms with Crippen molar-refractivity contribution in [3.8, 4) is 5.75 Å². The number of amides is 1. The summed E-state index contributed by atoms with van der Waals surface area (Å²) in [6.07, 6.45) is 1.40. The van der Waals surface area contributed by atoms with E-state index in [0.717, 1.165) is 30.0 Å². The maximum absolute atomic E-state index is 12.3. The van der Waals surface area contributed by atoms with Gasteiger partial charge in [-0.2, -0.15) is 0 Å². The second kappa shape index (κ2) is 9.97. The first-order valence-electron chi connectivity index (χ1n) is 9.24. The lowest BCUT2D eigenvalue weighted by Crippen LogP contribution is -2.24. The van der Waals surface area contributed by atoms with Crippen LogP contribution in [-0.4, -0.2) is 26.1 Å². The molecule has 0 saturated carbocycles. The van der Waals surface area contributed by atoms with Gasteiger partial charge in [-0.25, -0.2) is 0 Å². The minimum absolute atomic E-state index is 0.0538. The molecular formula is C22H30N2O2. The number of anilines is 1. The predicted octanol–water partition coefficient (Wildman–Crippen LogP) is 4.29. The highest BCUT2D eigenvalue weighted by Gasteiger charge is 2.11. The number of aryl methyl sites for hydroxylation is 1. The van der Waals surface area contributed by atoms with E-state index in [1.807, 2.05) is 31.2 Å². The number of carbonyl (C=O) groups excluding carboxylic acids is 1. The van der Waals surface area contributed by atoms with Gasteiger partial charge in [-0.1, -0.05) is 44.2 Å². The van der Waals surface area contributed by atoms with Gasteiger partial charge in [0, 0.05) is 18.7 Å². The van der Waals surface area contributed by atoms with Crippen molar-refractivity contribution >= 4 is 11.6 Å². The molecule has 0 aliphatic carbocycles. The van der Waals surface area contributed by atoms with E-state index in [2.05, 4.69) is 42.7 Å². The molecule has 0 aromatic heterocycles. The highest BCUT2D eigenvalue weighted by molar-refractivity contribution is 5.92. The Morgan fingerprint density at radius 2 is 1.81 bits per heavy atom. The van der Waals surface area contributed by atoms with E-state index >= 15 is 0 Å². The summed E-state index contributed by atoms with van der Waals surface area (Å²) in [6.45, 7) is 7.84. The standard InChI is InChI=1S/C22H30N2O2/c1-16(2)20-7-5-6-17(3)22(20)24-21(25)13-15-23-14-12-18-8-10-19(26-4)11-9-18/h5-11,16,23H,12-15H2,1-4H3,(H,24,25). The molecule has 0 radical (unpaired) electrons. The lowest BCUT2D eigenvalue weighted by atomic mass is 9.98. The summed E-state index contributed by atoms with van der Waals surface area (Å²) >= 11 is 0. The largest absolute Gasteiger partial charge is 0.497 e. The van der Waals surface area contributed by atoms with Gasteiger partial charge in [0.1, 0.15) is 5.75 Å². The maximum Gasteiger partial charge on any atom is 0.225 e. The van der Waals surface area contributed by atoms with Crippen LogP contribution in [0.5, 0.6) is 5.75 Å². The molecule has 0 aliphatic heterocycles. The van der Waals surface area contributed by atoms with Gasteiger partial charge in [0.2, 0.25) is 5.91 Å². The predicted molar refractivity (Wildman–Crippen MR) is 108 cm³/mol.